The van der Waals surface area contributed by atoms with Crippen molar-refractivity contribution in [3.63, 3.8) is 0 Å². The van der Waals surface area contributed by atoms with E-state index in [2.05, 4.69) is 0 Å². The Balaban J connectivity index is 2.15. The van der Waals surface area contributed by atoms with Gasteiger partial charge in [0.2, 0.25) is 0 Å². The number of hydrogen-bond acceptors (Lipinski definition) is 3. The van der Waals surface area contributed by atoms with Crippen molar-refractivity contribution < 1.29 is 14.2 Å². The lowest BCUT2D eigenvalue weighted by atomic mass is 10.3. The van der Waals surface area contributed by atoms with Crippen molar-refractivity contribution in [1.82, 2.24) is 0 Å². The first-order valence-electron chi connectivity index (χ1n) is 6.13. The average molecular weight is 238 g/mol. The molecular weight excluding hydrogens is 216 g/mol. The van der Waals surface area contributed by atoms with Gasteiger partial charge >= 0.3 is 0 Å². The molecule has 17 heavy (non-hydrogen) atoms. The molecule has 0 aromatic heterocycles. The molecule has 0 saturated heterocycles. The minimum Gasteiger partial charge on any atom is -0.491 e. The summed E-state index contributed by atoms with van der Waals surface area (Å²) >= 11 is 0. The van der Waals surface area contributed by atoms with E-state index >= 15 is 0 Å². The van der Waals surface area contributed by atoms with Crippen molar-refractivity contribution in [1.29, 1.82) is 0 Å². The monoisotopic (exact) mass is 238 g/mol. The molecule has 0 aliphatic rings. The molecule has 0 radical (unpaired) electrons. The Bertz CT molecular complexity index is 287. The summed E-state index contributed by atoms with van der Waals surface area (Å²) in [5, 5.41) is 0. The summed E-state index contributed by atoms with van der Waals surface area (Å²) < 4.78 is 16.6. The Labute approximate surface area is 104 Å². The number of para-hydroxylation sites is 1. The lowest BCUT2D eigenvalue weighted by Crippen LogP contribution is -2.24. The summed E-state index contributed by atoms with van der Waals surface area (Å²) in [7, 11) is 0. The molecule has 96 valence electrons. The van der Waals surface area contributed by atoms with Gasteiger partial charge in [0.15, 0.2) is 0 Å². The van der Waals surface area contributed by atoms with Crippen molar-refractivity contribution in [2.24, 2.45) is 0 Å². The molecule has 0 amide bonds. The fraction of sp³-hybridized carbons (Fsp3) is 0.571. The van der Waals surface area contributed by atoms with Crippen LogP contribution in [-0.2, 0) is 9.47 Å². The number of rotatable bonds is 8. The van der Waals surface area contributed by atoms with Crippen molar-refractivity contribution in [2.75, 3.05) is 19.8 Å². The van der Waals surface area contributed by atoms with Crippen LogP contribution in [0.4, 0.5) is 0 Å². The summed E-state index contributed by atoms with van der Waals surface area (Å²) in [6.45, 7) is 7.88. The van der Waals surface area contributed by atoms with Crippen molar-refractivity contribution in [2.45, 2.75) is 33.0 Å². The van der Waals surface area contributed by atoms with Gasteiger partial charge in [-0.25, -0.2) is 0 Å². The maximum absolute atomic E-state index is 5.63. The third-order valence-corrected chi connectivity index (χ3v) is 2.29. The summed E-state index contributed by atoms with van der Waals surface area (Å²) in [4.78, 5) is 0. The first kappa shape index (κ1) is 14.0. The molecule has 0 saturated carbocycles. The standard InChI is InChI=1S/C14H22O3/c1-4-15-12(2)10-16-13(3)11-17-14-8-6-5-7-9-14/h5-9,12-13H,4,10-11H2,1-3H3. The van der Waals surface area contributed by atoms with Crippen LogP contribution >= 0.6 is 0 Å². The molecule has 0 spiro atoms. The molecule has 1 rings (SSSR count). The van der Waals surface area contributed by atoms with Crippen LogP contribution in [0.5, 0.6) is 5.75 Å². The molecule has 3 heteroatoms. The minimum absolute atomic E-state index is 0.0677. The van der Waals surface area contributed by atoms with Gasteiger partial charge in [0.25, 0.3) is 0 Å². The molecule has 2 unspecified atom stereocenters. The fourth-order valence-electron chi connectivity index (χ4n) is 1.41. The Hall–Kier alpha value is -1.06. The maximum Gasteiger partial charge on any atom is 0.119 e. The van der Waals surface area contributed by atoms with E-state index in [0.29, 0.717) is 13.2 Å². The van der Waals surface area contributed by atoms with Gasteiger partial charge < -0.3 is 14.2 Å². The zero-order valence-electron chi connectivity index (χ0n) is 10.9. The van der Waals surface area contributed by atoms with Gasteiger partial charge in [0, 0.05) is 6.61 Å². The van der Waals surface area contributed by atoms with Crippen LogP contribution in [-0.4, -0.2) is 32.0 Å². The topological polar surface area (TPSA) is 27.7 Å². The molecule has 0 N–H and O–H groups in total. The van der Waals surface area contributed by atoms with Gasteiger partial charge in [0.1, 0.15) is 12.4 Å². The van der Waals surface area contributed by atoms with E-state index in [-0.39, 0.29) is 12.2 Å². The highest BCUT2D eigenvalue weighted by atomic mass is 16.6. The van der Waals surface area contributed by atoms with E-state index in [4.69, 9.17) is 14.2 Å². The van der Waals surface area contributed by atoms with Crippen LogP contribution in [0, 0.1) is 0 Å². The predicted molar refractivity (Wildman–Crippen MR) is 68.4 cm³/mol. The summed E-state index contributed by atoms with van der Waals surface area (Å²) in [5.74, 6) is 0.876. The first-order valence-corrected chi connectivity index (χ1v) is 6.13. The van der Waals surface area contributed by atoms with E-state index in [0.717, 1.165) is 12.4 Å². The quantitative estimate of drug-likeness (QED) is 0.697. The molecule has 1 aromatic rings. The van der Waals surface area contributed by atoms with Crippen LogP contribution in [0.3, 0.4) is 0 Å². The lowest BCUT2D eigenvalue weighted by molar-refractivity contribution is -0.0393. The number of benzene rings is 1. The predicted octanol–water partition coefficient (Wildman–Crippen LogP) is 2.90. The van der Waals surface area contributed by atoms with Crippen molar-refractivity contribution in [3.05, 3.63) is 30.3 Å². The van der Waals surface area contributed by atoms with E-state index in [1.807, 2.05) is 51.1 Å². The highest BCUT2D eigenvalue weighted by Crippen LogP contribution is 2.09. The van der Waals surface area contributed by atoms with Crippen LogP contribution in [0.1, 0.15) is 20.8 Å². The van der Waals surface area contributed by atoms with E-state index in [1.54, 1.807) is 0 Å². The van der Waals surface area contributed by atoms with E-state index < -0.39 is 0 Å². The second-order valence-electron chi connectivity index (χ2n) is 4.03. The summed E-state index contributed by atoms with van der Waals surface area (Å²) in [6, 6.07) is 9.76. The molecule has 0 heterocycles. The van der Waals surface area contributed by atoms with Crippen LogP contribution in [0.15, 0.2) is 30.3 Å². The van der Waals surface area contributed by atoms with Gasteiger partial charge in [0.05, 0.1) is 18.8 Å². The molecule has 0 bridgehead atoms. The molecular formula is C14H22O3. The smallest absolute Gasteiger partial charge is 0.119 e. The lowest BCUT2D eigenvalue weighted by Gasteiger charge is -2.17. The van der Waals surface area contributed by atoms with Gasteiger partial charge in [-0.1, -0.05) is 18.2 Å². The average Bonchev–Trinajstić information content (AvgIpc) is 2.35. The van der Waals surface area contributed by atoms with Crippen LogP contribution in [0.25, 0.3) is 0 Å². The molecule has 1 aromatic carbocycles. The third-order valence-electron chi connectivity index (χ3n) is 2.29. The van der Waals surface area contributed by atoms with Gasteiger partial charge in [-0.3, -0.25) is 0 Å². The first-order chi connectivity index (χ1) is 8.22. The molecule has 0 aliphatic carbocycles. The highest BCUT2D eigenvalue weighted by molar-refractivity contribution is 5.20. The Morgan fingerprint density at radius 1 is 0.941 bits per heavy atom. The van der Waals surface area contributed by atoms with E-state index in [9.17, 15) is 0 Å². The van der Waals surface area contributed by atoms with Crippen LogP contribution in [0.2, 0.25) is 0 Å². The summed E-state index contributed by atoms with van der Waals surface area (Å²) in [5.41, 5.74) is 0. The highest BCUT2D eigenvalue weighted by Gasteiger charge is 2.07. The normalized spacial score (nSPS) is 14.3. The van der Waals surface area contributed by atoms with Crippen LogP contribution < -0.4 is 4.74 Å². The molecule has 0 fully saturated rings. The summed E-state index contributed by atoms with van der Waals surface area (Å²) in [6.07, 6.45) is 0.206. The molecule has 0 aliphatic heterocycles. The Kier molecular flexibility index (Phi) is 6.67. The molecule has 2 atom stereocenters. The second kappa shape index (κ2) is 8.09. The number of hydrogen-bond donors (Lipinski definition) is 0. The van der Waals surface area contributed by atoms with Gasteiger partial charge in [-0.05, 0) is 32.9 Å². The number of ether oxygens (including phenoxy) is 3. The van der Waals surface area contributed by atoms with Crippen molar-refractivity contribution >= 4 is 0 Å². The Morgan fingerprint density at radius 3 is 2.24 bits per heavy atom. The largest absolute Gasteiger partial charge is 0.491 e. The minimum atomic E-state index is 0.0677. The van der Waals surface area contributed by atoms with Crippen molar-refractivity contribution in [3.8, 4) is 5.75 Å². The van der Waals surface area contributed by atoms with E-state index in [1.165, 1.54) is 0 Å². The zero-order valence-corrected chi connectivity index (χ0v) is 10.9. The molecule has 3 nitrogen and oxygen atoms in total. The zero-order chi connectivity index (χ0) is 12.5. The second-order valence-corrected chi connectivity index (χ2v) is 4.03. The fourth-order valence-corrected chi connectivity index (χ4v) is 1.41. The Morgan fingerprint density at radius 2 is 1.59 bits per heavy atom. The maximum atomic E-state index is 5.63. The SMILES string of the molecule is CCOC(C)COC(C)COc1ccccc1. The van der Waals surface area contributed by atoms with Gasteiger partial charge in [-0.15, -0.1) is 0 Å². The van der Waals surface area contributed by atoms with Gasteiger partial charge in [-0.2, -0.15) is 0 Å². The third kappa shape index (κ3) is 6.29.